The third-order valence-electron chi connectivity index (χ3n) is 8.99. The van der Waals surface area contributed by atoms with Crippen LogP contribution in [0.15, 0.2) is 60.7 Å². The number of fused-ring (bicyclic) bond motifs is 5. The van der Waals surface area contributed by atoms with E-state index in [0.29, 0.717) is 53.0 Å². The second kappa shape index (κ2) is 11.6. The minimum Gasteiger partial charge on any atom is -0.504 e. The van der Waals surface area contributed by atoms with Gasteiger partial charge in [-0.2, -0.15) is 0 Å². The number of methoxy groups -OCH3 is 2. The quantitative estimate of drug-likeness (QED) is 0.219. The smallest absolute Gasteiger partial charge is 0.337 e. The van der Waals surface area contributed by atoms with E-state index in [1.165, 1.54) is 25.3 Å². The molecule has 7 rings (SSSR count). The van der Waals surface area contributed by atoms with E-state index < -0.39 is 5.97 Å². The standard InChI is InChI=1S/C36H34N2O8/c1-37-13-12-22-17-31(42-3)33-34(46-30-19-25-21(16-29(30)45-33)11-14-38(2)35(25)40)32(22)26(37)15-20-5-8-24(9-6-20)44-28-18-23(36(41)43-4)7-10-27(28)39/h5-10,16-19,26,39H,11-15H2,1-4H3. The molecular weight excluding hydrogens is 588 g/mol. The van der Waals surface area contributed by atoms with Crippen LogP contribution in [-0.2, 0) is 24.0 Å². The average Bonchev–Trinajstić information content (AvgIpc) is 3.07. The molecule has 0 spiro atoms. The molecule has 0 bridgehead atoms. The zero-order valence-corrected chi connectivity index (χ0v) is 26.1. The van der Waals surface area contributed by atoms with Crippen molar-refractivity contribution in [2.45, 2.75) is 25.3 Å². The van der Waals surface area contributed by atoms with Gasteiger partial charge in [0.05, 0.1) is 19.8 Å². The van der Waals surface area contributed by atoms with Crippen LogP contribution in [0.5, 0.6) is 46.0 Å². The van der Waals surface area contributed by atoms with Crippen LogP contribution in [0.4, 0.5) is 0 Å². The number of esters is 1. The van der Waals surface area contributed by atoms with Crippen molar-refractivity contribution >= 4 is 11.9 Å². The van der Waals surface area contributed by atoms with E-state index in [0.717, 1.165) is 41.6 Å². The summed E-state index contributed by atoms with van der Waals surface area (Å²) in [6, 6.07) is 17.7. The van der Waals surface area contributed by atoms with E-state index in [4.69, 9.17) is 23.7 Å². The van der Waals surface area contributed by atoms with Gasteiger partial charge in [0.1, 0.15) is 5.75 Å². The molecule has 3 aliphatic rings. The molecule has 1 atom stereocenters. The average molecular weight is 623 g/mol. The van der Waals surface area contributed by atoms with Gasteiger partial charge < -0.3 is 33.7 Å². The maximum absolute atomic E-state index is 12.9. The molecule has 10 heteroatoms. The Kier molecular flexibility index (Phi) is 7.44. The predicted octanol–water partition coefficient (Wildman–Crippen LogP) is 6.28. The summed E-state index contributed by atoms with van der Waals surface area (Å²) in [4.78, 5) is 28.9. The van der Waals surface area contributed by atoms with Crippen molar-refractivity contribution in [1.29, 1.82) is 0 Å². The molecule has 1 unspecified atom stereocenters. The summed E-state index contributed by atoms with van der Waals surface area (Å²) in [5.41, 5.74) is 5.08. The number of benzene rings is 4. The highest BCUT2D eigenvalue weighted by Gasteiger charge is 2.36. The van der Waals surface area contributed by atoms with Crippen LogP contribution in [0.1, 0.15) is 49.0 Å². The topological polar surface area (TPSA) is 107 Å². The molecule has 0 saturated carbocycles. The van der Waals surface area contributed by atoms with Crippen molar-refractivity contribution < 1.29 is 38.4 Å². The first kappa shape index (κ1) is 29.5. The van der Waals surface area contributed by atoms with Gasteiger partial charge >= 0.3 is 5.97 Å². The van der Waals surface area contributed by atoms with Crippen LogP contribution in [0, 0.1) is 0 Å². The molecule has 46 heavy (non-hydrogen) atoms. The summed E-state index contributed by atoms with van der Waals surface area (Å²) in [5, 5.41) is 10.3. The van der Waals surface area contributed by atoms with Crippen molar-refractivity contribution in [2.24, 2.45) is 0 Å². The largest absolute Gasteiger partial charge is 0.504 e. The van der Waals surface area contributed by atoms with E-state index in [1.54, 1.807) is 18.1 Å². The van der Waals surface area contributed by atoms with Crippen LogP contribution in [0.3, 0.4) is 0 Å². The Morgan fingerprint density at radius 2 is 1.63 bits per heavy atom. The van der Waals surface area contributed by atoms with Crippen LogP contribution in [-0.4, -0.2) is 68.2 Å². The molecule has 0 radical (unpaired) electrons. The summed E-state index contributed by atoms with van der Waals surface area (Å²) in [6.45, 7) is 1.51. The Hall–Kier alpha value is -5.22. The van der Waals surface area contributed by atoms with Gasteiger partial charge in [-0.1, -0.05) is 12.1 Å². The lowest BCUT2D eigenvalue weighted by atomic mass is 9.87. The summed E-state index contributed by atoms with van der Waals surface area (Å²) in [6.07, 6.45) is 2.24. The van der Waals surface area contributed by atoms with Gasteiger partial charge in [0.2, 0.25) is 5.75 Å². The van der Waals surface area contributed by atoms with Crippen LogP contribution in [0.25, 0.3) is 0 Å². The Balaban J connectivity index is 1.19. The SMILES string of the molecule is COC(=O)c1ccc(O)c(Oc2ccc(CC3c4c(cc(OC)c5c4Oc4cc6c(cc4O5)CCN(C)C6=O)CCN3C)cc2)c1. The summed E-state index contributed by atoms with van der Waals surface area (Å²) >= 11 is 0. The summed E-state index contributed by atoms with van der Waals surface area (Å²) in [5.74, 6) is 2.87. The van der Waals surface area contributed by atoms with E-state index in [-0.39, 0.29) is 29.0 Å². The minimum atomic E-state index is -0.518. The molecule has 236 valence electrons. The van der Waals surface area contributed by atoms with Crippen molar-refractivity contribution in [2.75, 3.05) is 41.4 Å². The number of amides is 1. The Morgan fingerprint density at radius 3 is 2.39 bits per heavy atom. The number of hydrogen-bond donors (Lipinski definition) is 1. The molecule has 0 aromatic heterocycles. The first-order valence-corrected chi connectivity index (χ1v) is 15.1. The lowest BCUT2D eigenvalue weighted by Gasteiger charge is -2.38. The highest BCUT2D eigenvalue weighted by atomic mass is 16.6. The predicted molar refractivity (Wildman–Crippen MR) is 169 cm³/mol. The zero-order valence-electron chi connectivity index (χ0n) is 26.1. The fourth-order valence-electron chi connectivity index (χ4n) is 6.40. The molecule has 0 fully saturated rings. The highest BCUT2D eigenvalue weighted by molar-refractivity contribution is 5.97. The molecule has 1 amide bonds. The van der Waals surface area contributed by atoms with Gasteiger partial charge in [-0.05, 0) is 91.5 Å². The molecule has 3 heterocycles. The molecule has 10 nitrogen and oxygen atoms in total. The lowest BCUT2D eigenvalue weighted by Crippen LogP contribution is -2.34. The molecule has 3 aliphatic heterocycles. The fraction of sp³-hybridized carbons (Fsp3) is 0.278. The van der Waals surface area contributed by atoms with Gasteiger partial charge in [0.15, 0.2) is 34.5 Å². The van der Waals surface area contributed by atoms with Crippen molar-refractivity contribution in [3.8, 4) is 46.0 Å². The summed E-state index contributed by atoms with van der Waals surface area (Å²) < 4.78 is 29.6. The molecule has 4 aromatic carbocycles. The number of likely N-dealkylation sites (N-methyl/N-ethyl adjacent to an activating group) is 2. The van der Waals surface area contributed by atoms with Crippen molar-refractivity contribution in [3.63, 3.8) is 0 Å². The van der Waals surface area contributed by atoms with Gasteiger partial charge in [0.25, 0.3) is 5.91 Å². The zero-order chi connectivity index (χ0) is 32.1. The summed E-state index contributed by atoms with van der Waals surface area (Å²) in [7, 11) is 6.84. The van der Waals surface area contributed by atoms with E-state index in [1.807, 2.05) is 43.4 Å². The number of phenolic OH excluding ortho intramolecular Hbond substituents is 1. The molecule has 0 saturated heterocycles. The Bertz CT molecular complexity index is 1870. The molecule has 0 aliphatic carbocycles. The number of ether oxygens (including phenoxy) is 5. The lowest BCUT2D eigenvalue weighted by molar-refractivity contribution is 0.0600. The van der Waals surface area contributed by atoms with E-state index in [9.17, 15) is 14.7 Å². The number of hydrogen-bond acceptors (Lipinski definition) is 9. The Labute approximate surface area is 266 Å². The number of phenols is 1. The molecule has 4 aromatic rings. The Morgan fingerprint density at radius 1 is 0.891 bits per heavy atom. The fourth-order valence-corrected chi connectivity index (χ4v) is 6.40. The monoisotopic (exact) mass is 622 g/mol. The van der Waals surface area contributed by atoms with Crippen molar-refractivity contribution in [1.82, 2.24) is 9.80 Å². The van der Waals surface area contributed by atoms with Crippen LogP contribution >= 0.6 is 0 Å². The first-order valence-electron chi connectivity index (χ1n) is 15.1. The van der Waals surface area contributed by atoms with Crippen LogP contribution < -0.4 is 18.9 Å². The van der Waals surface area contributed by atoms with Gasteiger partial charge in [-0.25, -0.2) is 4.79 Å². The molecule has 1 N–H and O–H groups in total. The van der Waals surface area contributed by atoms with Gasteiger partial charge in [-0.15, -0.1) is 0 Å². The second-order valence-electron chi connectivity index (χ2n) is 11.8. The van der Waals surface area contributed by atoms with Crippen molar-refractivity contribution in [3.05, 3.63) is 94.0 Å². The maximum Gasteiger partial charge on any atom is 0.337 e. The third kappa shape index (κ3) is 5.14. The number of carbonyl (C=O) groups is 2. The van der Waals surface area contributed by atoms with Gasteiger partial charge in [-0.3, -0.25) is 9.69 Å². The first-order chi connectivity index (χ1) is 22.2. The normalized spacial score (nSPS) is 16.7. The number of aromatic hydroxyl groups is 1. The molecular formula is C36H34N2O8. The maximum atomic E-state index is 12.9. The van der Waals surface area contributed by atoms with E-state index >= 15 is 0 Å². The number of rotatable bonds is 6. The third-order valence-corrected chi connectivity index (χ3v) is 8.99. The van der Waals surface area contributed by atoms with Crippen LogP contribution in [0.2, 0.25) is 0 Å². The highest BCUT2D eigenvalue weighted by Crippen LogP contribution is 2.56. The number of nitrogens with zero attached hydrogens (tertiary/aromatic N) is 2. The second-order valence-corrected chi connectivity index (χ2v) is 11.8. The van der Waals surface area contributed by atoms with Gasteiger partial charge in [0, 0.05) is 37.3 Å². The number of carbonyl (C=O) groups excluding carboxylic acids is 2. The minimum absolute atomic E-state index is 0.0254. The van der Waals surface area contributed by atoms with E-state index in [2.05, 4.69) is 11.9 Å².